The van der Waals surface area contributed by atoms with Gasteiger partial charge in [0.05, 0.1) is 20.7 Å². The Morgan fingerprint density at radius 2 is 1.81 bits per heavy atom. The van der Waals surface area contributed by atoms with Crippen LogP contribution in [0, 0.1) is 0 Å². The molecule has 0 aromatic heterocycles. The van der Waals surface area contributed by atoms with Crippen molar-refractivity contribution < 1.29 is 24.0 Å². The number of benzene rings is 1. The molecule has 0 heterocycles. The molecule has 0 saturated heterocycles. The molecule has 0 radical (unpaired) electrons. The van der Waals surface area contributed by atoms with Gasteiger partial charge >= 0.3 is 0 Å². The van der Waals surface area contributed by atoms with Crippen molar-refractivity contribution in [2.75, 3.05) is 46.2 Å². The van der Waals surface area contributed by atoms with Crippen LogP contribution in [-0.2, 0) is 14.4 Å². The maximum absolute atomic E-state index is 12.3. The van der Waals surface area contributed by atoms with Gasteiger partial charge in [0.2, 0.25) is 5.91 Å². The highest BCUT2D eigenvalue weighted by Crippen LogP contribution is 2.16. The van der Waals surface area contributed by atoms with Crippen molar-refractivity contribution in [3.05, 3.63) is 24.3 Å². The average molecular weight is 379 g/mol. The van der Waals surface area contributed by atoms with Crippen molar-refractivity contribution in [1.29, 1.82) is 0 Å². The van der Waals surface area contributed by atoms with E-state index >= 15 is 0 Å². The van der Waals surface area contributed by atoms with Gasteiger partial charge in [-0.1, -0.05) is 6.07 Å². The average Bonchev–Trinajstić information content (AvgIpc) is 2.52. The number of ether oxygens (including phenoxy) is 1. The van der Waals surface area contributed by atoms with Crippen LogP contribution in [0.5, 0.6) is 5.75 Å². The number of amides is 3. The lowest BCUT2D eigenvalue weighted by Crippen LogP contribution is -3.11. The number of nitrogens with zero attached hydrogens (tertiary/aromatic N) is 1. The first-order chi connectivity index (χ1) is 12.5. The minimum atomic E-state index is -0.346. The summed E-state index contributed by atoms with van der Waals surface area (Å²) in [6, 6.07) is 7.06. The van der Waals surface area contributed by atoms with Crippen molar-refractivity contribution in [1.82, 2.24) is 10.2 Å². The summed E-state index contributed by atoms with van der Waals surface area (Å²) in [6.45, 7) is 5.87. The molecule has 1 aromatic carbocycles. The van der Waals surface area contributed by atoms with E-state index in [1.165, 1.54) is 4.90 Å². The Hall–Kier alpha value is -2.61. The summed E-state index contributed by atoms with van der Waals surface area (Å²) in [5, 5.41) is 5.59. The third-order valence-electron chi connectivity index (χ3n) is 3.59. The predicted molar refractivity (Wildman–Crippen MR) is 104 cm³/mol. The number of carbonyl (C=O) groups excluding carboxylic acids is 3. The number of rotatable bonds is 8. The zero-order valence-electron chi connectivity index (χ0n) is 17.0. The van der Waals surface area contributed by atoms with Crippen molar-refractivity contribution in [2.24, 2.45) is 0 Å². The van der Waals surface area contributed by atoms with Crippen LogP contribution in [0.2, 0.25) is 0 Å². The summed E-state index contributed by atoms with van der Waals surface area (Å²) < 4.78 is 5.12. The molecular formula is C19H31N4O4+. The molecule has 8 heteroatoms. The second kappa shape index (κ2) is 9.91. The van der Waals surface area contributed by atoms with Crippen molar-refractivity contribution in [3.63, 3.8) is 0 Å². The molecule has 0 aliphatic heterocycles. The van der Waals surface area contributed by atoms with Gasteiger partial charge in [-0.25, -0.2) is 0 Å². The molecule has 0 aliphatic carbocycles. The molecule has 1 atom stereocenters. The number of hydrogen-bond acceptors (Lipinski definition) is 4. The minimum Gasteiger partial charge on any atom is -0.497 e. The van der Waals surface area contributed by atoms with E-state index < -0.39 is 0 Å². The topological polar surface area (TPSA) is 92.2 Å². The molecule has 1 aromatic rings. The molecule has 0 bridgehead atoms. The Morgan fingerprint density at radius 3 is 2.41 bits per heavy atom. The standard InChI is InChI=1S/C19H30N4O4/c1-19(2,3)21-17(25)12-23(5)18(26)13-22(4)11-16(24)20-14-8-7-9-15(10-14)27-6/h7-10H,11-13H2,1-6H3,(H,20,24)(H,21,25)/p+1. The molecule has 3 N–H and O–H groups in total. The summed E-state index contributed by atoms with van der Waals surface area (Å²) in [7, 11) is 4.89. The maximum Gasteiger partial charge on any atom is 0.279 e. The van der Waals surface area contributed by atoms with Gasteiger partial charge in [-0.3, -0.25) is 14.4 Å². The Balaban J connectivity index is 2.45. The normalized spacial score (nSPS) is 12.1. The Morgan fingerprint density at radius 1 is 1.15 bits per heavy atom. The number of methoxy groups -OCH3 is 1. The van der Waals surface area contributed by atoms with E-state index in [0.29, 0.717) is 11.4 Å². The molecule has 0 fully saturated rings. The van der Waals surface area contributed by atoms with Crippen LogP contribution >= 0.6 is 0 Å². The van der Waals surface area contributed by atoms with E-state index in [2.05, 4.69) is 10.6 Å². The number of quaternary nitrogens is 1. The van der Waals surface area contributed by atoms with Crippen LogP contribution in [0.4, 0.5) is 5.69 Å². The van der Waals surface area contributed by atoms with Crippen LogP contribution in [0.15, 0.2) is 24.3 Å². The summed E-state index contributed by atoms with van der Waals surface area (Å²) >= 11 is 0. The molecular weight excluding hydrogens is 348 g/mol. The molecule has 0 aliphatic rings. The number of likely N-dealkylation sites (N-methyl/N-ethyl adjacent to an activating group) is 2. The second-order valence-electron chi connectivity index (χ2n) is 7.64. The first-order valence-electron chi connectivity index (χ1n) is 8.80. The second-order valence-corrected chi connectivity index (χ2v) is 7.64. The van der Waals surface area contributed by atoms with Gasteiger partial charge in [0.1, 0.15) is 5.75 Å². The van der Waals surface area contributed by atoms with Gasteiger partial charge in [0, 0.05) is 24.3 Å². The molecule has 1 unspecified atom stereocenters. The predicted octanol–water partition coefficient (Wildman–Crippen LogP) is -0.478. The van der Waals surface area contributed by atoms with Crippen molar-refractivity contribution in [2.45, 2.75) is 26.3 Å². The molecule has 1 rings (SSSR count). The fraction of sp³-hybridized carbons (Fsp3) is 0.526. The number of nitrogens with one attached hydrogen (secondary N) is 3. The van der Waals surface area contributed by atoms with E-state index in [0.717, 1.165) is 4.90 Å². The van der Waals surface area contributed by atoms with Crippen molar-refractivity contribution >= 4 is 23.4 Å². The molecule has 27 heavy (non-hydrogen) atoms. The van der Waals surface area contributed by atoms with Crippen LogP contribution in [0.1, 0.15) is 20.8 Å². The highest BCUT2D eigenvalue weighted by atomic mass is 16.5. The van der Waals surface area contributed by atoms with Crippen LogP contribution < -0.4 is 20.3 Å². The maximum atomic E-state index is 12.3. The number of anilines is 1. The molecule has 0 spiro atoms. The fourth-order valence-electron chi connectivity index (χ4n) is 2.40. The lowest BCUT2D eigenvalue weighted by atomic mass is 10.1. The first kappa shape index (κ1) is 22.4. The minimum absolute atomic E-state index is 0.0145. The summed E-state index contributed by atoms with van der Waals surface area (Å²) in [5.41, 5.74) is 0.288. The monoisotopic (exact) mass is 379 g/mol. The Labute approximate surface area is 160 Å². The summed E-state index contributed by atoms with van der Waals surface area (Å²) in [4.78, 5) is 38.4. The SMILES string of the molecule is COc1cccc(NC(=O)C[NH+](C)CC(=O)N(C)CC(=O)NC(C)(C)C)c1. The third-order valence-corrected chi connectivity index (χ3v) is 3.59. The molecule has 8 nitrogen and oxygen atoms in total. The fourth-order valence-corrected chi connectivity index (χ4v) is 2.40. The Kier molecular flexibility index (Phi) is 8.24. The van der Waals surface area contributed by atoms with Gasteiger partial charge in [-0.15, -0.1) is 0 Å². The van der Waals surface area contributed by atoms with Gasteiger partial charge in [-0.2, -0.15) is 0 Å². The number of carbonyl (C=O) groups is 3. The molecule has 150 valence electrons. The van der Waals surface area contributed by atoms with Crippen LogP contribution in [0.25, 0.3) is 0 Å². The van der Waals surface area contributed by atoms with Crippen LogP contribution in [-0.4, -0.2) is 69.0 Å². The summed E-state index contributed by atoms with van der Waals surface area (Å²) in [6.07, 6.45) is 0. The first-order valence-corrected chi connectivity index (χ1v) is 8.80. The highest BCUT2D eigenvalue weighted by molar-refractivity contribution is 5.91. The lowest BCUT2D eigenvalue weighted by Gasteiger charge is -2.24. The zero-order valence-corrected chi connectivity index (χ0v) is 17.0. The van der Waals surface area contributed by atoms with Crippen LogP contribution in [0.3, 0.4) is 0 Å². The smallest absolute Gasteiger partial charge is 0.279 e. The molecule has 3 amide bonds. The third kappa shape index (κ3) is 9.05. The van der Waals surface area contributed by atoms with E-state index in [-0.39, 0.29) is 42.9 Å². The highest BCUT2D eigenvalue weighted by Gasteiger charge is 2.21. The van der Waals surface area contributed by atoms with E-state index in [1.54, 1.807) is 45.5 Å². The lowest BCUT2D eigenvalue weighted by molar-refractivity contribution is -0.862. The molecule has 0 saturated carbocycles. The summed E-state index contributed by atoms with van der Waals surface area (Å²) in [5.74, 6) is 0.0260. The van der Waals surface area contributed by atoms with Gasteiger partial charge in [0.15, 0.2) is 13.1 Å². The van der Waals surface area contributed by atoms with E-state index in [4.69, 9.17) is 4.74 Å². The number of hydrogen-bond donors (Lipinski definition) is 3. The van der Waals surface area contributed by atoms with E-state index in [1.807, 2.05) is 20.8 Å². The van der Waals surface area contributed by atoms with Gasteiger partial charge in [-0.05, 0) is 32.9 Å². The zero-order chi connectivity index (χ0) is 20.6. The van der Waals surface area contributed by atoms with Gasteiger partial charge < -0.3 is 25.2 Å². The largest absolute Gasteiger partial charge is 0.497 e. The van der Waals surface area contributed by atoms with Crippen molar-refractivity contribution in [3.8, 4) is 5.75 Å². The van der Waals surface area contributed by atoms with Gasteiger partial charge in [0.25, 0.3) is 11.8 Å². The van der Waals surface area contributed by atoms with E-state index in [9.17, 15) is 14.4 Å². The quantitative estimate of drug-likeness (QED) is 0.569. The Bertz CT molecular complexity index is 670.